The lowest BCUT2D eigenvalue weighted by atomic mass is 10.0. The molecule has 5 heteroatoms. The molecule has 0 saturated carbocycles. The van der Waals surface area contributed by atoms with Gasteiger partial charge in [-0.15, -0.1) is 0 Å². The maximum Gasteiger partial charge on any atom is 0.271 e. The van der Waals surface area contributed by atoms with Crippen LogP contribution in [0.3, 0.4) is 0 Å². The molecule has 2 heterocycles. The van der Waals surface area contributed by atoms with Gasteiger partial charge in [0, 0.05) is 12.6 Å². The van der Waals surface area contributed by atoms with Crippen LogP contribution in [-0.2, 0) is 0 Å². The van der Waals surface area contributed by atoms with Crippen molar-refractivity contribution in [3.05, 3.63) is 66.1 Å². The van der Waals surface area contributed by atoms with Gasteiger partial charge in [-0.05, 0) is 23.6 Å². The Morgan fingerprint density at radius 2 is 2.09 bits per heavy atom. The van der Waals surface area contributed by atoms with Crippen molar-refractivity contribution in [3.63, 3.8) is 0 Å². The standard InChI is InChI=1S/C17H17N3O2/c1-12(13-6-3-2-4-7-13)11-18-17(21)15-10-14(19-20-15)16-8-5-9-22-16/h2-10,12H,11H2,1H3,(H,18,21)(H,19,20). The number of amides is 1. The monoisotopic (exact) mass is 295 g/mol. The van der Waals surface area contributed by atoms with E-state index in [1.807, 2.05) is 24.3 Å². The predicted octanol–water partition coefficient (Wildman–Crippen LogP) is 3.20. The minimum Gasteiger partial charge on any atom is -0.463 e. The lowest BCUT2D eigenvalue weighted by Crippen LogP contribution is -2.27. The highest BCUT2D eigenvalue weighted by Crippen LogP contribution is 2.18. The zero-order valence-electron chi connectivity index (χ0n) is 12.2. The van der Waals surface area contributed by atoms with Crippen LogP contribution in [0.25, 0.3) is 11.5 Å². The van der Waals surface area contributed by atoms with Gasteiger partial charge in [-0.2, -0.15) is 5.10 Å². The number of nitrogens with zero attached hydrogens (tertiary/aromatic N) is 1. The van der Waals surface area contributed by atoms with Crippen molar-refractivity contribution in [1.29, 1.82) is 0 Å². The van der Waals surface area contributed by atoms with Crippen LogP contribution in [0.1, 0.15) is 28.9 Å². The highest BCUT2D eigenvalue weighted by molar-refractivity contribution is 5.93. The van der Waals surface area contributed by atoms with Crippen molar-refractivity contribution in [2.75, 3.05) is 6.54 Å². The zero-order valence-corrected chi connectivity index (χ0v) is 12.2. The minimum atomic E-state index is -0.197. The molecule has 1 amide bonds. The smallest absolute Gasteiger partial charge is 0.271 e. The molecule has 0 aliphatic carbocycles. The van der Waals surface area contributed by atoms with Gasteiger partial charge >= 0.3 is 0 Å². The summed E-state index contributed by atoms with van der Waals surface area (Å²) in [5.74, 6) is 0.703. The van der Waals surface area contributed by atoms with E-state index in [0.717, 1.165) is 0 Å². The van der Waals surface area contributed by atoms with Crippen molar-refractivity contribution in [2.45, 2.75) is 12.8 Å². The van der Waals surface area contributed by atoms with Crippen LogP contribution >= 0.6 is 0 Å². The molecule has 3 rings (SSSR count). The average molecular weight is 295 g/mol. The maximum atomic E-state index is 12.1. The van der Waals surface area contributed by atoms with E-state index in [1.165, 1.54) is 5.56 Å². The summed E-state index contributed by atoms with van der Waals surface area (Å²) in [7, 11) is 0. The molecule has 1 atom stereocenters. The Bertz CT molecular complexity index is 732. The second-order valence-electron chi connectivity index (χ2n) is 5.17. The van der Waals surface area contributed by atoms with E-state index in [2.05, 4.69) is 34.6 Å². The number of carbonyl (C=O) groups is 1. The molecule has 112 valence electrons. The van der Waals surface area contributed by atoms with E-state index in [0.29, 0.717) is 23.7 Å². The van der Waals surface area contributed by atoms with Gasteiger partial charge in [0.2, 0.25) is 0 Å². The maximum absolute atomic E-state index is 12.1. The fourth-order valence-electron chi connectivity index (χ4n) is 2.23. The topological polar surface area (TPSA) is 70.9 Å². The lowest BCUT2D eigenvalue weighted by Gasteiger charge is -2.12. The Morgan fingerprint density at radius 1 is 1.27 bits per heavy atom. The first-order chi connectivity index (χ1) is 10.7. The van der Waals surface area contributed by atoms with Crippen molar-refractivity contribution < 1.29 is 9.21 Å². The minimum absolute atomic E-state index is 0.197. The average Bonchev–Trinajstić information content (AvgIpc) is 3.23. The molecule has 0 aliphatic heterocycles. The molecular weight excluding hydrogens is 278 g/mol. The number of aromatic nitrogens is 2. The number of benzene rings is 1. The summed E-state index contributed by atoms with van der Waals surface area (Å²) in [6.45, 7) is 2.64. The number of nitrogens with one attached hydrogen (secondary N) is 2. The number of H-pyrrole nitrogens is 1. The van der Waals surface area contributed by atoms with Crippen LogP contribution < -0.4 is 5.32 Å². The first-order valence-corrected chi connectivity index (χ1v) is 7.16. The van der Waals surface area contributed by atoms with Gasteiger partial charge < -0.3 is 9.73 Å². The molecule has 0 radical (unpaired) electrons. The van der Waals surface area contributed by atoms with Crippen LogP contribution in [0.5, 0.6) is 0 Å². The van der Waals surface area contributed by atoms with Gasteiger partial charge in [0.25, 0.3) is 5.91 Å². The predicted molar refractivity (Wildman–Crippen MR) is 83.5 cm³/mol. The van der Waals surface area contributed by atoms with E-state index < -0.39 is 0 Å². The number of rotatable bonds is 5. The molecule has 2 aromatic heterocycles. The zero-order chi connectivity index (χ0) is 15.4. The van der Waals surface area contributed by atoms with E-state index in [1.54, 1.807) is 18.4 Å². The molecule has 5 nitrogen and oxygen atoms in total. The van der Waals surface area contributed by atoms with Gasteiger partial charge in [0.1, 0.15) is 5.69 Å². The molecule has 2 N–H and O–H groups in total. The van der Waals surface area contributed by atoms with E-state index in [-0.39, 0.29) is 11.8 Å². The van der Waals surface area contributed by atoms with Gasteiger partial charge in [-0.25, -0.2) is 0 Å². The number of carbonyl (C=O) groups excluding carboxylic acids is 1. The number of aromatic amines is 1. The fourth-order valence-corrected chi connectivity index (χ4v) is 2.23. The SMILES string of the molecule is CC(CNC(=O)c1cc(-c2ccco2)[nH]n1)c1ccccc1. The van der Waals surface area contributed by atoms with Crippen LogP contribution in [0.2, 0.25) is 0 Å². The number of hydrogen-bond donors (Lipinski definition) is 2. The Balaban J connectivity index is 1.61. The highest BCUT2D eigenvalue weighted by atomic mass is 16.3. The van der Waals surface area contributed by atoms with Gasteiger partial charge in [-0.1, -0.05) is 37.3 Å². The largest absolute Gasteiger partial charge is 0.463 e. The molecule has 0 aliphatic rings. The summed E-state index contributed by atoms with van der Waals surface area (Å²) in [4.78, 5) is 12.1. The lowest BCUT2D eigenvalue weighted by molar-refractivity contribution is 0.0946. The van der Waals surface area contributed by atoms with E-state index >= 15 is 0 Å². The number of furan rings is 1. The van der Waals surface area contributed by atoms with Gasteiger partial charge in [0.15, 0.2) is 11.5 Å². The molecule has 1 aromatic carbocycles. The summed E-state index contributed by atoms with van der Waals surface area (Å²) in [6.07, 6.45) is 1.58. The fraction of sp³-hybridized carbons (Fsp3) is 0.176. The van der Waals surface area contributed by atoms with Crippen LogP contribution in [0.4, 0.5) is 0 Å². The molecule has 0 spiro atoms. The third-order valence-electron chi connectivity index (χ3n) is 3.53. The summed E-state index contributed by atoms with van der Waals surface area (Å²) >= 11 is 0. The normalized spacial score (nSPS) is 12.0. The third-order valence-corrected chi connectivity index (χ3v) is 3.53. The molecule has 0 bridgehead atoms. The molecule has 1 unspecified atom stereocenters. The van der Waals surface area contributed by atoms with Crippen molar-refractivity contribution >= 4 is 5.91 Å². The molecular formula is C17H17N3O2. The summed E-state index contributed by atoms with van der Waals surface area (Å²) < 4.78 is 5.27. The Hall–Kier alpha value is -2.82. The molecule has 3 aromatic rings. The van der Waals surface area contributed by atoms with E-state index in [9.17, 15) is 4.79 Å². The van der Waals surface area contributed by atoms with Crippen LogP contribution in [-0.4, -0.2) is 22.6 Å². The van der Waals surface area contributed by atoms with Crippen molar-refractivity contribution in [3.8, 4) is 11.5 Å². The van der Waals surface area contributed by atoms with Gasteiger partial charge in [0.05, 0.1) is 6.26 Å². The van der Waals surface area contributed by atoms with Crippen LogP contribution in [0.15, 0.2) is 59.2 Å². The Labute approximate surface area is 128 Å². The molecule has 0 fully saturated rings. The molecule has 0 saturated heterocycles. The summed E-state index contributed by atoms with van der Waals surface area (Å²) in [5, 5.41) is 9.73. The van der Waals surface area contributed by atoms with Crippen molar-refractivity contribution in [2.24, 2.45) is 0 Å². The number of hydrogen-bond acceptors (Lipinski definition) is 3. The van der Waals surface area contributed by atoms with Crippen molar-refractivity contribution in [1.82, 2.24) is 15.5 Å². The Kier molecular flexibility index (Phi) is 4.05. The highest BCUT2D eigenvalue weighted by Gasteiger charge is 2.14. The second kappa shape index (κ2) is 6.30. The quantitative estimate of drug-likeness (QED) is 0.759. The summed E-state index contributed by atoms with van der Waals surface area (Å²) in [6, 6.07) is 15.4. The molecule has 22 heavy (non-hydrogen) atoms. The van der Waals surface area contributed by atoms with Gasteiger partial charge in [-0.3, -0.25) is 9.89 Å². The Morgan fingerprint density at radius 3 is 2.82 bits per heavy atom. The second-order valence-corrected chi connectivity index (χ2v) is 5.17. The van der Waals surface area contributed by atoms with Crippen LogP contribution in [0, 0.1) is 0 Å². The third kappa shape index (κ3) is 3.09. The first kappa shape index (κ1) is 14.1. The van der Waals surface area contributed by atoms with E-state index in [4.69, 9.17) is 4.42 Å². The summed E-state index contributed by atoms with van der Waals surface area (Å²) in [5.41, 5.74) is 2.24. The first-order valence-electron chi connectivity index (χ1n) is 7.16.